The van der Waals surface area contributed by atoms with Crippen LogP contribution in [0.1, 0.15) is 10.4 Å². The summed E-state index contributed by atoms with van der Waals surface area (Å²) in [4.78, 5) is 31.2. The Labute approximate surface area is 192 Å². The van der Waals surface area contributed by atoms with E-state index >= 15 is 0 Å². The first kappa shape index (κ1) is 21.0. The van der Waals surface area contributed by atoms with Gasteiger partial charge in [-0.2, -0.15) is 0 Å². The minimum atomic E-state index is -0.530. The number of hydrogen-bond donors (Lipinski definition) is 2. The molecular formula is C24H20FN3O4S. The molecule has 4 aromatic rings. The number of H-pyrrole nitrogens is 1. The summed E-state index contributed by atoms with van der Waals surface area (Å²) in [6.45, 7) is 1.23. The molecule has 2 N–H and O–H groups in total. The predicted molar refractivity (Wildman–Crippen MR) is 125 cm³/mol. The molecule has 2 amide bonds. The minimum absolute atomic E-state index is 0.0396. The first-order valence-corrected chi connectivity index (χ1v) is 11.2. The first-order valence-electron chi connectivity index (χ1n) is 10.4. The molecule has 1 aliphatic heterocycles. The number of halogens is 1. The lowest BCUT2D eigenvalue weighted by atomic mass is 10.1. The van der Waals surface area contributed by atoms with E-state index in [1.165, 1.54) is 28.4 Å². The van der Waals surface area contributed by atoms with Gasteiger partial charge in [-0.25, -0.2) is 9.18 Å². The molecule has 0 radical (unpaired) electrons. The van der Waals surface area contributed by atoms with Gasteiger partial charge in [-0.3, -0.25) is 4.79 Å². The number of nitrogens with zero attached hydrogens (tertiary/aromatic N) is 1. The third-order valence-corrected chi connectivity index (χ3v) is 6.14. The molecule has 7 nitrogen and oxygen atoms in total. The van der Waals surface area contributed by atoms with Crippen molar-refractivity contribution in [3.63, 3.8) is 0 Å². The zero-order valence-electron chi connectivity index (χ0n) is 17.5. The van der Waals surface area contributed by atoms with Crippen molar-refractivity contribution in [3.05, 3.63) is 86.6 Å². The van der Waals surface area contributed by atoms with Gasteiger partial charge in [0.15, 0.2) is 11.5 Å². The lowest BCUT2D eigenvalue weighted by Crippen LogP contribution is -2.35. The molecule has 0 saturated carbocycles. The molecule has 9 heteroatoms. The van der Waals surface area contributed by atoms with E-state index in [-0.39, 0.29) is 24.3 Å². The van der Waals surface area contributed by atoms with E-state index < -0.39 is 11.8 Å². The Morgan fingerprint density at radius 2 is 1.85 bits per heavy atom. The van der Waals surface area contributed by atoms with Gasteiger partial charge in [0.2, 0.25) is 0 Å². The van der Waals surface area contributed by atoms with E-state index in [1.807, 2.05) is 23.6 Å². The lowest BCUT2D eigenvalue weighted by molar-refractivity contribution is 0.172. The Morgan fingerprint density at radius 1 is 1.06 bits per heavy atom. The Bertz CT molecular complexity index is 1370. The summed E-state index contributed by atoms with van der Waals surface area (Å²) in [5.74, 6) is 0.665. The number of aromatic nitrogens is 1. The molecule has 168 valence electrons. The SMILES string of the molecule is O=C(Nc1ccccc1F)N(Cc1cccs1)Cc1cc2cc3c(cc2[nH]c1=O)OCCO3. The molecule has 0 atom stereocenters. The molecule has 1 aliphatic rings. The van der Waals surface area contributed by atoms with Gasteiger partial charge in [0.25, 0.3) is 5.56 Å². The Kier molecular flexibility index (Phi) is 5.70. The average molecular weight is 466 g/mol. The Hall–Kier alpha value is -3.85. The quantitative estimate of drug-likeness (QED) is 0.446. The molecule has 5 rings (SSSR count). The third kappa shape index (κ3) is 4.54. The Morgan fingerprint density at radius 3 is 2.61 bits per heavy atom. The number of nitrogens with one attached hydrogen (secondary N) is 2. The Balaban J connectivity index is 1.46. The van der Waals surface area contributed by atoms with Crippen LogP contribution in [0.5, 0.6) is 11.5 Å². The number of fused-ring (bicyclic) bond motifs is 2. The zero-order valence-corrected chi connectivity index (χ0v) is 18.3. The number of pyridine rings is 1. The van der Waals surface area contributed by atoms with Crippen molar-refractivity contribution >= 4 is 34.0 Å². The highest BCUT2D eigenvalue weighted by molar-refractivity contribution is 7.09. The van der Waals surface area contributed by atoms with E-state index in [0.717, 1.165) is 10.3 Å². The van der Waals surface area contributed by atoms with Crippen LogP contribution in [0.25, 0.3) is 10.9 Å². The highest BCUT2D eigenvalue weighted by Gasteiger charge is 2.20. The van der Waals surface area contributed by atoms with E-state index in [2.05, 4.69) is 10.3 Å². The number of urea groups is 1. The summed E-state index contributed by atoms with van der Waals surface area (Å²) >= 11 is 1.50. The fraction of sp³-hybridized carbons (Fsp3) is 0.167. The van der Waals surface area contributed by atoms with Crippen LogP contribution >= 0.6 is 11.3 Å². The van der Waals surface area contributed by atoms with Gasteiger partial charge in [-0.1, -0.05) is 18.2 Å². The molecule has 0 aliphatic carbocycles. The van der Waals surface area contributed by atoms with Crippen LogP contribution in [0.2, 0.25) is 0 Å². The maximum atomic E-state index is 14.1. The first-order chi connectivity index (χ1) is 16.1. The summed E-state index contributed by atoms with van der Waals surface area (Å²) in [6.07, 6.45) is 0. The van der Waals surface area contributed by atoms with Gasteiger partial charge in [-0.15, -0.1) is 11.3 Å². The van der Waals surface area contributed by atoms with Crippen molar-refractivity contribution in [1.29, 1.82) is 0 Å². The van der Waals surface area contributed by atoms with Crippen molar-refractivity contribution in [3.8, 4) is 11.5 Å². The van der Waals surface area contributed by atoms with Crippen LogP contribution in [0.15, 0.2) is 64.8 Å². The number of benzene rings is 2. The summed E-state index contributed by atoms with van der Waals surface area (Å²) in [5, 5.41) is 5.28. The van der Waals surface area contributed by atoms with Crippen LogP contribution in [0.3, 0.4) is 0 Å². The van der Waals surface area contributed by atoms with Gasteiger partial charge in [0.05, 0.1) is 24.3 Å². The molecule has 0 saturated heterocycles. The van der Waals surface area contributed by atoms with Gasteiger partial charge in [0.1, 0.15) is 19.0 Å². The third-order valence-electron chi connectivity index (χ3n) is 5.27. The maximum Gasteiger partial charge on any atom is 0.322 e. The lowest BCUT2D eigenvalue weighted by Gasteiger charge is -2.23. The molecule has 2 aromatic carbocycles. The van der Waals surface area contributed by atoms with Crippen LogP contribution in [0.4, 0.5) is 14.9 Å². The van der Waals surface area contributed by atoms with Crippen molar-refractivity contribution in [2.45, 2.75) is 13.1 Å². The van der Waals surface area contributed by atoms with Gasteiger partial charge in [-0.05, 0) is 35.7 Å². The second-order valence-electron chi connectivity index (χ2n) is 7.55. The number of aromatic amines is 1. The number of anilines is 1. The fourth-order valence-corrected chi connectivity index (χ4v) is 4.38. The normalized spacial score (nSPS) is 12.5. The standard InChI is InChI=1S/C24H20FN3O4S/c25-18-5-1-2-6-19(18)27-24(30)28(14-17-4-3-9-33-17)13-16-10-15-11-21-22(32-8-7-31-21)12-20(15)26-23(16)29/h1-6,9-12H,7-8,13-14H2,(H,26,29)(H,27,30). The predicted octanol–water partition coefficient (Wildman–Crippen LogP) is 4.73. The molecule has 3 heterocycles. The van der Waals surface area contributed by atoms with Gasteiger partial charge in [0, 0.05) is 21.9 Å². The van der Waals surface area contributed by atoms with Crippen LogP contribution in [-0.4, -0.2) is 29.1 Å². The summed E-state index contributed by atoms with van der Waals surface area (Å²) < 4.78 is 25.3. The number of carbonyl (C=O) groups is 1. The summed E-state index contributed by atoms with van der Waals surface area (Å²) in [6, 6.07) is 14.5. The van der Waals surface area contributed by atoms with E-state index in [1.54, 1.807) is 24.3 Å². The number of rotatable bonds is 5. The monoisotopic (exact) mass is 465 g/mol. The van der Waals surface area contributed by atoms with Crippen molar-refractivity contribution in [1.82, 2.24) is 9.88 Å². The highest BCUT2D eigenvalue weighted by atomic mass is 32.1. The van der Waals surface area contributed by atoms with Gasteiger partial charge >= 0.3 is 6.03 Å². The molecule has 0 spiro atoms. The number of carbonyl (C=O) groups excluding carboxylic acids is 1. The number of thiophene rings is 1. The largest absolute Gasteiger partial charge is 0.486 e. The second kappa shape index (κ2) is 8.95. The fourth-order valence-electron chi connectivity index (χ4n) is 3.66. The van der Waals surface area contributed by atoms with E-state index in [4.69, 9.17) is 9.47 Å². The van der Waals surface area contributed by atoms with Crippen LogP contribution in [0, 0.1) is 5.82 Å². The minimum Gasteiger partial charge on any atom is -0.486 e. The molecule has 33 heavy (non-hydrogen) atoms. The number of para-hydroxylation sites is 1. The van der Waals surface area contributed by atoms with Gasteiger partial charge < -0.3 is 24.7 Å². The molecule has 0 unspecified atom stereocenters. The number of amides is 2. The van der Waals surface area contributed by atoms with Crippen molar-refractivity contribution < 1.29 is 18.7 Å². The summed E-state index contributed by atoms with van der Waals surface area (Å²) in [7, 11) is 0. The number of hydrogen-bond acceptors (Lipinski definition) is 5. The average Bonchev–Trinajstić information content (AvgIpc) is 3.32. The summed E-state index contributed by atoms with van der Waals surface area (Å²) in [5.41, 5.74) is 0.789. The van der Waals surface area contributed by atoms with E-state index in [9.17, 15) is 14.0 Å². The van der Waals surface area contributed by atoms with Crippen molar-refractivity contribution in [2.75, 3.05) is 18.5 Å². The molecular weight excluding hydrogens is 445 g/mol. The number of ether oxygens (including phenoxy) is 2. The van der Waals surface area contributed by atoms with Crippen LogP contribution in [-0.2, 0) is 13.1 Å². The molecule has 0 fully saturated rings. The zero-order chi connectivity index (χ0) is 22.8. The highest BCUT2D eigenvalue weighted by Crippen LogP contribution is 2.33. The van der Waals surface area contributed by atoms with Crippen molar-refractivity contribution in [2.24, 2.45) is 0 Å². The molecule has 2 aromatic heterocycles. The topological polar surface area (TPSA) is 83.7 Å². The smallest absolute Gasteiger partial charge is 0.322 e. The van der Waals surface area contributed by atoms with E-state index in [0.29, 0.717) is 35.8 Å². The maximum absolute atomic E-state index is 14.1. The second-order valence-corrected chi connectivity index (χ2v) is 8.58. The molecule has 0 bridgehead atoms. The van der Waals surface area contributed by atoms with Crippen LogP contribution < -0.4 is 20.3 Å².